The molecule has 1 aromatic carbocycles. The Morgan fingerprint density at radius 3 is 2.37 bits per heavy atom. The molecule has 0 bridgehead atoms. The van der Waals surface area contributed by atoms with Gasteiger partial charge in [0.2, 0.25) is 0 Å². The van der Waals surface area contributed by atoms with Crippen LogP contribution in [0, 0.1) is 0 Å². The SMILES string of the molecule is CC(=O)c1c(O)c(C/C=C(\C)CCC=C(C)C)c(O)c2c1OC(C)(C)C=C2. The molecular formula is C23H30O4. The molecular weight excluding hydrogens is 340 g/mol. The summed E-state index contributed by atoms with van der Waals surface area (Å²) in [5.41, 5.74) is 2.77. The molecule has 1 heterocycles. The van der Waals surface area contributed by atoms with Gasteiger partial charge in [-0.05, 0) is 73.0 Å². The van der Waals surface area contributed by atoms with E-state index in [0.717, 1.165) is 12.8 Å². The van der Waals surface area contributed by atoms with Crippen LogP contribution in [0.5, 0.6) is 17.2 Å². The van der Waals surface area contributed by atoms with E-state index < -0.39 is 5.60 Å². The highest BCUT2D eigenvalue weighted by Gasteiger charge is 2.31. The minimum Gasteiger partial charge on any atom is -0.507 e. The first kappa shape index (κ1) is 20.8. The average molecular weight is 370 g/mol. The van der Waals surface area contributed by atoms with Gasteiger partial charge in [0, 0.05) is 5.56 Å². The molecule has 2 rings (SSSR count). The Hall–Kier alpha value is -2.49. The number of aromatic hydroxyl groups is 2. The van der Waals surface area contributed by atoms with Gasteiger partial charge in [-0.3, -0.25) is 4.79 Å². The quantitative estimate of drug-likeness (QED) is 0.496. The minimum absolute atomic E-state index is 0.0346. The molecule has 27 heavy (non-hydrogen) atoms. The first-order valence-electron chi connectivity index (χ1n) is 9.32. The van der Waals surface area contributed by atoms with Gasteiger partial charge in [0.05, 0.1) is 5.56 Å². The van der Waals surface area contributed by atoms with Gasteiger partial charge in [-0.25, -0.2) is 0 Å². The number of benzene rings is 1. The maximum atomic E-state index is 12.2. The van der Waals surface area contributed by atoms with Crippen LogP contribution in [0.3, 0.4) is 0 Å². The highest BCUT2D eigenvalue weighted by molar-refractivity contribution is 6.02. The molecule has 0 amide bonds. The van der Waals surface area contributed by atoms with E-state index in [2.05, 4.69) is 19.9 Å². The van der Waals surface area contributed by atoms with Crippen molar-refractivity contribution in [1.29, 1.82) is 0 Å². The smallest absolute Gasteiger partial charge is 0.167 e. The summed E-state index contributed by atoms with van der Waals surface area (Å²) in [4.78, 5) is 12.2. The van der Waals surface area contributed by atoms with Crippen molar-refractivity contribution in [3.05, 3.63) is 46.1 Å². The van der Waals surface area contributed by atoms with Crippen molar-refractivity contribution in [1.82, 2.24) is 0 Å². The van der Waals surface area contributed by atoms with E-state index in [0.29, 0.717) is 17.5 Å². The maximum absolute atomic E-state index is 12.2. The number of allylic oxidation sites excluding steroid dienone is 4. The molecule has 0 spiro atoms. The van der Waals surface area contributed by atoms with E-state index in [9.17, 15) is 15.0 Å². The second kappa shape index (κ2) is 8.03. The van der Waals surface area contributed by atoms with E-state index in [1.807, 2.05) is 32.9 Å². The average Bonchev–Trinajstić information content (AvgIpc) is 2.52. The van der Waals surface area contributed by atoms with Crippen molar-refractivity contribution in [2.24, 2.45) is 0 Å². The number of ether oxygens (including phenoxy) is 1. The predicted octanol–water partition coefficient (Wildman–Crippen LogP) is 5.72. The molecule has 2 N–H and O–H groups in total. The van der Waals surface area contributed by atoms with Gasteiger partial charge in [-0.15, -0.1) is 0 Å². The zero-order valence-electron chi connectivity index (χ0n) is 17.1. The summed E-state index contributed by atoms with van der Waals surface area (Å²) < 4.78 is 5.88. The highest BCUT2D eigenvalue weighted by atomic mass is 16.5. The van der Waals surface area contributed by atoms with Gasteiger partial charge >= 0.3 is 0 Å². The van der Waals surface area contributed by atoms with Gasteiger partial charge in [0.25, 0.3) is 0 Å². The Kier molecular flexibility index (Phi) is 6.19. The predicted molar refractivity (Wildman–Crippen MR) is 110 cm³/mol. The van der Waals surface area contributed by atoms with Crippen LogP contribution < -0.4 is 4.74 Å². The van der Waals surface area contributed by atoms with Gasteiger partial charge in [-0.1, -0.05) is 23.3 Å². The third-order valence-electron chi connectivity index (χ3n) is 4.65. The Morgan fingerprint density at radius 2 is 1.78 bits per heavy atom. The van der Waals surface area contributed by atoms with E-state index in [-0.39, 0.29) is 28.6 Å². The van der Waals surface area contributed by atoms with Crippen molar-refractivity contribution in [3.8, 4) is 17.2 Å². The van der Waals surface area contributed by atoms with Crippen molar-refractivity contribution in [3.63, 3.8) is 0 Å². The number of fused-ring (bicyclic) bond motifs is 1. The molecule has 1 aromatic rings. The Labute approximate surface area is 161 Å². The lowest BCUT2D eigenvalue weighted by Crippen LogP contribution is -2.28. The second-order valence-electron chi connectivity index (χ2n) is 7.96. The molecule has 0 aromatic heterocycles. The third-order valence-corrected chi connectivity index (χ3v) is 4.65. The molecule has 4 heteroatoms. The number of carbonyl (C=O) groups is 1. The molecule has 0 unspecified atom stereocenters. The Morgan fingerprint density at radius 1 is 1.11 bits per heavy atom. The topological polar surface area (TPSA) is 66.8 Å². The Bertz CT molecular complexity index is 835. The van der Waals surface area contributed by atoms with Gasteiger partial charge in [-0.2, -0.15) is 0 Å². The molecule has 0 fully saturated rings. The number of carbonyl (C=O) groups excluding carboxylic acids is 1. The fourth-order valence-electron chi connectivity index (χ4n) is 3.10. The van der Waals surface area contributed by atoms with Crippen LogP contribution in [0.15, 0.2) is 29.4 Å². The van der Waals surface area contributed by atoms with Crippen LogP contribution in [0.4, 0.5) is 0 Å². The first-order valence-corrected chi connectivity index (χ1v) is 9.32. The normalized spacial score (nSPS) is 15.1. The number of hydrogen-bond acceptors (Lipinski definition) is 4. The van der Waals surface area contributed by atoms with Gasteiger partial charge in [0.15, 0.2) is 5.78 Å². The summed E-state index contributed by atoms with van der Waals surface area (Å²) in [6.45, 7) is 11.3. The van der Waals surface area contributed by atoms with Crippen LogP contribution in [-0.2, 0) is 6.42 Å². The summed E-state index contributed by atoms with van der Waals surface area (Å²) >= 11 is 0. The minimum atomic E-state index is -0.612. The zero-order chi connectivity index (χ0) is 20.4. The fraction of sp³-hybridized carbons (Fsp3) is 0.435. The molecule has 1 aliphatic rings. The number of rotatable bonds is 6. The summed E-state index contributed by atoms with van der Waals surface area (Å²) in [6.07, 6.45) is 9.98. The van der Waals surface area contributed by atoms with Crippen LogP contribution in [0.2, 0.25) is 0 Å². The summed E-state index contributed by atoms with van der Waals surface area (Å²) in [5, 5.41) is 21.4. The first-order chi connectivity index (χ1) is 12.5. The van der Waals surface area contributed by atoms with Crippen LogP contribution in [-0.4, -0.2) is 21.6 Å². The third kappa shape index (κ3) is 4.82. The number of ketones is 1. The maximum Gasteiger partial charge on any atom is 0.167 e. The monoisotopic (exact) mass is 370 g/mol. The van der Waals surface area contributed by atoms with Crippen LogP contribution in [0.25, 0.3) is 6.08 Å². The van der Waals surface area contributed by atoms with Crippen molar-refractivity contribution < 1.29 is 19.7 Å². The lowest BCUT2D eigenvalue weighted by atomic mass is 9.92. The lowest BCUT2D eigenvalue weighted by Gasteiger charge is -2.30. The number of phenols is 2. The van der Waals surface area contributed by atoms with E-state index in [1.54, 1.807) is 6.08 Å². The standard InChI is InChI=1S/C23H30O4/c1-14(2)8-7-9-15(3)10-11-17-20(25)18-12-13-23(5,6)27-22(18)19(16(4)24)21(17)26/h8,10,12-13,25-26H,7,9,11H2,1-6H3/b15-10+. The van der Waals surface area contributed by atoms with Crippen molar-refractivity contribution in [2.75, 3.05) is 0 Å². The number of Topliss-reactive ketones (excluding diaryl/α,β-unsaturated/α-hetero) is 1. The van der Waals surface area contributed by atoms with Crippen LogP contribution in [0.1, 0.15) is 75.9 Å². The van der Waals surface area contributed by atoms with Crippen molar-refractivity contribution in [2.45, 2.75) is 66.4 Å². The summed E-state index contributed by atoms with van der Waals surface area (Å²) in [6, 6.07) is 0. The van der Waals surface area contributed by atoms with Crippen molar-refractivity contribution >= 4 is 11.9 Å². The molecule has 0 atom stereocenters. The highest BCUT2D eigenvalue weighted by Crippen LogP contribution is 2.47. The van der Waals surface area contributed by atoms with Crippen LogP contribution >= 0.6 is 0 Å². The molecule has 0 aliphatic carbocycles. The molecule has 146 valence electrons. The lowest BCUT2D eigenvalue weighted by molar-refractivity contribution is 0.0996. The molecule has 0 saturated heterocycles. The van der Waals surface area contributed by atoms with E-state index in [4.69, 9.17) is 4.74 Å². The largest absolute Gasteiger partial charge is 0.507 e. The Balaban J connectivity index is 2.42. The summed E-state index contributed by atoms with van der Waals surface area (Å²) in [5.74, 6) is -0.274. The van der Waals surface area contributed by atoms with Gasteiger partial charge in [0.1, 0.15) is 28.4 Å². The fourth-order valence-corrected chi connectivity index (χ4v) is 3.10. The van der Waals surface area contributed by atoms with E-state index in [1.165, 1.54) is 18.1 Å². The second-order valence-corrected chi connectivity index (χ2v) is 7.96. The zero-order valence-corrected chi connectivity index (χ0v) is 17.1. The number of hydrogen-bond donors (Lipinski definition) is 2. The molecule has 0 saturated carbocycles. The molecule has 0 radical (unpaired) electrons. The molecule has 1 aliphatic heterocycles. The van der Waals surface area contributed by atoms with Gasteiger partial charge < -0.3 is 14.9 Å². The molecule has 4 nitrogen and oxygen atoms in total. The number of phenolic OH excluding ortho intramolecular Hbond substituents is 2. The van der Waals surface area contributed by atoms with E-state index >= 15 is 0 Å². The summed E-state index contributed by atoms with van der Waals surface area (Å²) in [7, 11) is 0.